The van der Waals surface area contributed by atoms with E-state index in [1.54, 1.807) is 12.1 Å². The second-order valence-electron chi connectivity index (χ2n) is 4.33. The fourth-order valence-electron chi connectivity index (χ4n) is 1.56. The predicted octanol–water partition coefficient (Wildman–Crippen LogP) is 1.95. The number of hydrogen-bond donors (Lipinski definition) is 1. The predicted molar refractivity (Wildman–Crippen MR) is 74.1 cm³/mol. The van der Waals surface area contributed by atoms with E-state index in [4.69, 9.17) is 17.3 Å². The number of halogens is 1. The molecule has 0 radical (unpaired) electrons. The zero-order valence-corrected chi connectivity index (χ0v) is 11.9. The molecule has 0 bridgehead atoms. The molecule has 104 valence electrons. The zero-order chi connectivity index (χ0) is 14.6. The summed E-state index contributed by atoms with van der Waals surface area (Å²) in [6, 6.07) is 4.50. The molecule has 1 amide bonds. The van der Waals surface area contributed by atoms with Gasteiger partial charge in [-0.3, -0.25) is 9.59 Å². The Kier molecular flexibility index (Phi) is 5.18. The van der Waals surface area contributed by atoms with Gasteiger partial charge in [-0.15, -0.1) is 0 Å². The number of carbonyl (C=O) groups is 2. The molecule has 0 aliphatic heterocycles. The van der Waals surface area contributed by atoms with Crippen LogP contribution in [0.15, 0.2) is 18.2 Å². The third-order valence-corrected chi connectivity index (χ3v) is 2.89. The summed E-state index contributed by atoms with van der Waals surface area (Å²) < 4.78 is 4.58. The van der Waals surface area contributed by atoms with Gasteiger partial charge in [0.1, 0.15) is 6.54 Å². The van der Waals surface area contributed by atoms with Crippen molar-refractivity contribution in [3.8, 4) is 0 Å². The standard InChI is InChI=1S/C13H17ClN2O3/c1-8(2)16(7-12(17)19-3)13(18)10-6-9(14)4-5-11(10)15/h4-6,8H,7,15H2,1-3H3. The SMILES string of the molecule is COC(=O)CN(C(=O)c1cc(Cl)ccc1N)C(C)C. The Labute approximate surface area is 117 Å². The number of nitrogen functional groups attached to an aromatic ring is 1. The minimum Gasteiger partial charge on any atom is -0.468 e. The van der Waals surface area contributed by atoms with E-state index in [1.807, 2.05) is 13.8 Å². The molecule has 19 heavy (non-hydrogen) atoms. The van der Waals surface area contributed by atoms with Crippen LogP contribution in [0.2, 0.25) is 5.02 Å². The van der Waals surface area contributed by atoms with Crippen molar-refractivity contribution >= 4 is 29.2 Å². The van der Waals surface area contributed by atoms with E-state index in [2.05, 4.69) is 4.74 Å². The first-order valence-corrected chi connectivity index (χ1v) is 6.17. The van der Waals surface area contributed by atoms with Crippen LogP contribution in [-0.2, 0) is 9.53 Å². The topological polar surface area (TPSA) is 72.6 Å². The third-order valence-electron chi connectivity index (χ3n) is 2.66. The number of nitrogens with zero attached hydrogens (tertiary/aromatic N) is 1. The molecular formula is C13H17ClN2O3. The van der Waals surface area contributed by atoms with Gasteiger partial charge in [0.25, 0.3) is 5.91 Å². The minimum atomic E-state index is -0.484. The normalized spacial score (nSPS) is 10.4. The Morgan fingerprint density at radius 2 is 2.05 bits per heavy atom. The maximum Gasteiger partial charge on any atom is 0.325 e. The van der Waals surface area contributed by atoms with Crippen LogP contribution in [0, 0.1) is 0 Å². The number of methoxy groups -OCH3 is 1. The van der Waals surface area contributed by atoms with Crippen LogP contribution in [-0.4, -0.2) is 36.5 Å². The van der Waals surface area contributed by atoms with E-state index in [0.29, 0.717) is 10.7 Å². The Morgan fingerprint density at radius 3 is 2.58 bits per heavy atom. The number of benzene rings is 1. The van der Waals surface area contributed by atoms with Gasteiger partial charge in [-0.1, -0.05) is 11.6 Å². The minimum absolute atomic E-state index is 0.126. The Morgan fingerprint density at radius 1 is 1.42 bits per heavy atom. The van der Waals surface area contributed by atoms with Gasteiger partial charge in [-0.2, -0.15) is 0 Å². The number of amides is 1. The molecule has 1 aromatic rings. The molecule has 5 nitrogen and oxygen atoms in total. The molecule has 0 atom stereocenters. The number of esters is 1. The van der Waals surface area contributed by atoms with Crippen molar-refractivity contribution in [2.45, 2.75) is 19.9 Å². The van der Waals surface area contributed by atoms with E-state index < -0.39 is 5.97 Å². The van der Waals surface area contributed by atoms with Crippen LogP contribution in [0.4, 0.5) is 5.69 Å². The molecule has 0 unspecified atom stereocenters. The molecule has 2 N–H and O–H groups in total. The Balaban J connectivity index is 3.05. The van der Waals surface area contributed by atoms with Crippen molar-refractivity contribution in [1.29, 1.82) is 0 Å². The van der Waals surface area contributed by atoms with Gasteiger partial charge in [0, 0.05) is 16.8 Å². The van der Waals surface area contributed by atoms with Gasteiger partial charge in [0.15, 0.2) is 0 Å². The molecule has 1 aromatic carbocycles. The summed E-state index contributed by atoms with van der Waals surface area (Å²) in [5.74, 6) is -0.831. The van der Waals surface area contributed by atoms with Gasteiger partial charge in [-0.05, 0) is 32.0 Å². The van der Waals surface area contributed by atoms with Crippen molar-refractivity contribution in [3.05, 3.63) is 28.8 Å². The first-order valence-electron chi connectivity index (χ1n) is 5.79. The van der Waals surface area contributed by atoms with Crippen molar-refractivity contribution in [2.24, 2.45) is 0 Å². The van der Waals surface area contributed by atoms with Crippen LogP contribution >= 0.6 is 11.6 Å². The van der Waals surface area contributed by atoms with E-state index >= 15 is 0 Å². The summed E-state index contributed by atoms with van der Waals surface area (Å²) in [5, 5.41) is 0.416. The maximum atomic E-state index is 12.4. The lowest BCUT2D eigenvalue weighted by Crippen LogP contribution is -2.41. The fraction of sp³-hybridized carbons (Fsp3) is 0.385. The summed E-state index contributed by atoms with van der Waals surface area (Å²) in [5.41, 5.74) is 6.38. The van der Waals surface area contributed by atoms with Gasteiger partial charge < -0.3 is 15.4 Å². The van der Waals surface area contributed by atoms with Gasteiger partial charge in [0.2, 0.25) is 0 Å². The zero-order valence-electron chi connectivity index (χ0n) is 11.1. The monoisotopic (exact) mass is 284 g/mol. The first-order chi connectivity index (χ1) is 8.86. The van der Waals surface area contributed by atoms with E-state index in [0.717, 1.165) is 0 Å². The average molecular weight is 285 g/mol. The molecule has 0 heterocycles. The quantitative estimate of drug-likeness (QED) is 0.677. The van der Waals surface area contributed by atoms with Crippen molar-refractivity contribution in [2.75, 3.05) is 19.4 Å². The molecule has 0 aliphatic carbocycles. The second kappa shape index (κ2) is 6.43. The van der Waals surface area contributed by atoms with Crippen molar-refractivity contribution in [3.63, 3.8) is 0 Å². The second-order valence-corrected chi connectivity index (χ2v) is 4.77. The molecule has 0 spiro atoms. The maximum absolute atomic E-state index is 12.4. The van der Waals surface area contributed by atoms with Crippen LogP contribution < -0.4 is 5.73 Å². The van der Waals surface area contributed by atoms with Crippen LogP contribution in [0.3, 0.4) is 0 Å². The summed E-state index contributed by atoms with van der Waals surface area (Å²) in [6.45, 7) is 3.49. The Hall–Kier alpha value is -1.75. The number of anilines is 1. The lowest BCUT2D eigenvalue weighted by Gasteiger charge is -2.26. The molecule has 0 saturated carbocycles. The summed E-state index contributed by atoms with van der Waals surface area (Å²) >= 11 is 5.86. The molecule has 0 saturated heterocycles. The van der Waals surface area contributed by atoms with Crippen LogP contribution in [0.5, 0.6) is 0 Å². The highest BCUT2D eigenvalue weighted by atomic mass is 35.5. The number of nitrogens with two attached hydrogens (primary N) is 1. The van der Waals surface area contributed by atoms with Crippen LogP contribution in [0.1, 0.15) is 24.2 Å². The number of rotatable bonds is 4. The smallest absolute Gasteiger partial charge is 0.325 e. The van der Waals surface area contributed by atoms with Gasteiger partial charge in [-0.25, -0.2) is 0 Å². The Bertz CT molecular complexity index is 489. The van der Waals surface area contributed by atoms with Crippen molar-refractivity contribution < 1.29 is 14.3 Å². The van der Waals surface area contributed by atoms with Crippen molar-refractivity contribution in [1.82, 2.24) is 4.90 Å². The van der Waals surface area contributed by atoms with E-state index in [9.17, 15) is 9.59 Å². The lowest BCUT2D eigenvalue weighted by atomic mass is 10.1. The largest absolute Gasteiger partial charge is 0.468 e. The highest BCUT2D eigenvalue weighted by Crippen LogP contribution is 2.20. The molecular weight excluding hydrogens is 268 g/mol. The molecule has 1 rings (SSSR count). The van der Waals surface area contributed by atoms with Gasteiger partial charge in [0.05, 0.1) is 12.7 Å². The average Bonchev–Trinajstić information content (AvgIpc) is 2.37. The van der Waals surface area contributed by atoms with Gasteiger partial charge >= 0.3 is 5.97 Å². The number of carbonyl (C=O) groups excluding carboxylic acids is 2. The van der Waals surface area contributed by atoms with E-state index in [-0.39, 0.29) is 24.1 Å². The molecule has 0 aliphatic rings. The highest BCUT2D eigenvalue weighted by Gasteiger charge is 2.23. The molecule has 0 fully saturated rings. The molecule has 0 aromatic heterocycles. The summed E-state index contributed by atoms with van der Waals surface area (Å²) in [6.07, 6.45) is 0. The van der Waals surface area contributed by atoms with E-state index in [1.165, 1.54) is 18.1 Å². The highest BCUT2D eigenvalue weighted by molar-refractivity contribution is 6.31. The first kappa shape index (κ1) is 15.3. The lowest BCUT2D eigenvalue weighted by molar-refractivity contribution is -0.141. The summed E-state index contributed by atoms with van der Waals surface area (Å²) in [7, 11) is 1.28. The number of ether oxygens (including phenoxy) is 1. The third kappa shape index (κ3) is 3.86. The fourth-order valence-corrected chi connectivity index (χ4v) is 1.73. The molecule has 6 heteroatoms. The summed E-state index contributed by atoms with van der Waals surface area (Å²) in [4.78, 5) is 25.1. The number of hydrogen-bond acceptors (Lipinski definition) is 4. The van der Waals surface area contributed by atoms with Crippen LogP contribution in [0.25, 0.3) is 0 Å².